The van der Waals surface area contributed by atoms with Gasteiger partial charge in [-0.15, -0.1) is 0 Å². The second kappa shape index (κ2) is 9.01. The highest BCUT2D eigenvalue weighted by Gasteiger charge is 2.15. The van der Waals surface area contributed by atoms with E-state index < -0.39 is 0 Å². The molecule has 0 aromatic carbocycles. The van der Waals surface area contributed by atoms with Crippen molar-refractivity contribution in [2.45, 2.75) is 27.3 Å². The maximum Gasteiger partial charge on any atom is 0.242 e. The van der Waals surface area contributed by atoms with Crippen molar-refractivity contribution < 1.29 is 4.79 Å². The van der Waals surface area contributed by atoms with Crippen LogP contribution in [0.5, 0.6) is 0 Å². The average molecular weight is 309 g/mol. The van der Waals surface area contributed by atoms with E-state index in [9.17, 15) is 4.79 Å². The first kappa shape index (κ1) is 17.9. The van der Waals surface area contributed by atoms with Gasteiger partial charge in [-0.1, -0.05) is 0 Å². The lowest BCUT2D eigenvalue weighted by Gasteiger charge is -2.25. The van der Waals surface area contributed by atoms with Crippen LogP contribution in [0.3, 0.4) is 0 Å². The average Bonchev–Trinajstić information content (AvgIpc) is 2.90. The van der Waals surface area contributed by atoms with Gasteiger partial charge >= 0.3 is 0 Å². The van der Waals surface area contributed by atoms with E-state index in [0.717, 1.165) is 25.5 Å². The van der Waals surface area contributed by atoms with Gasteiger partial charge in [0.1, 0.15) is 18.7 Å². The molecule has 8 nitrogen and oxygen atoms in total. The third kappa shape index (κ3) is 5.01. The predicted octanol–water partition coefficient (Wildman–Crippen LogP) is 0.0808. The molecule has 0 radical (unpaired) electrons. The Hall–Kier alpha value is -2.12. The van der Waals surface area contributed by atoms with Gasteiger partial charge in [-0.25, -0.2) is 9.98 Å². The van der Waals surface area contributed by atoms with Crippen LogP contribution in [0.15, 0.2) is 11.3 Å². The van der Waals surface area contributed by atoms with Crippen molar-refractivity contribution in [3.8, 4) is 0 Å². The number of carbonyl (C=O) groups excluding carboxylic acids is 1. The number of carbonyl (C=O) groups is 1. The molecule has 0 saturated heterocycles. The molecule has 0 bridgehead atoms. The Kier molecular flexibility index (Phi) is 7.34. The van der Waals surface area contributed by atoms with Crippen molar-refractivity contribution in [2.24, 2.45) is 12.0 Å². The fourth-order valence-corrected chi connectivity index (χ4v) is 2.03. The molecule has 1 heterocycles. The van der Waals surface area contributed by atoms with Crippen molar-refractivity contribution >= 4 is 11.9 Å². The Labute approximate surface area is 132 Å². The lowest BCUT2D eigenvalue weighted by molar-refractivity contribution is -0.131. The number of hydrogen-bond donors (Lipinski definition) is 1. The van der Waals surface area contributed by atoms with E-state index in [0.29, 0.717) is 19.0 Å². The van der Waals surface area contributed by atoms with Crippen LogP contribution in [0, 0.1) is 0 Å². The molecule has 0 aliphatic carbocycles. The number of rotatable bonds is 7. The molecule has 0 spiro atoms. The van der Waals surface area contributed by atoms with E-state index in [4.69, 9.17) is 0 Å². The molecule has 0 unspecified atom stereocenters. The Morgan fingerprint density at radius 2 is 2.05 bits per heavy atom. The summed E-state index contributed by atoms with van der Waals surface area (Å²) in [7, 11) is 3.69. The van der Waals surface area contributed by atoms with Crippen LogP contribution >= 0.6 is 0 Å². The van der Waals surface area contributed by atoms with Crippen molar-refractivity contribution in [1.82, 2.24) is 29.9 Å². The Balaban J connectivity index is 2.72. The minimum Gasteiger partial charge on any atom is -0.357 e. The van der Waals surface area contributed by atoms with Gasteiger partial charge in [0.2, 0.25) is 5.91 Å². The highest BCUT2D eigenvalue weighted by Crippen LogP contribution is 1.97. The minimum atomic E-state index is 0.0942. The summed E-state index contributed by atoms with van der Waals surface area (Å²) in [6, 6.07) is 0. The summed E-state index contributed by atoms with van der Waals surface area (Å²) < 4.78 is 1.69. The standard InChI is InChI=1S/C14H27N7O/c1-6-15-14(16-9-12-17-11-18-20(12)5)19(4)10-13(22)21(7-2)8-3/h11H,6-10H2,1-5H3,(H,15,16). The fourth-order valence-electron chi connectivity index (χ4n) is 2.03. The molecule has 0 aliphatic rings. The normalized spacial score (nSPS) is 11.4. The van der Waals surface area contributed by atoms with Crippen molar-refractivity contribution in [2.75, 3.05) is 33.2 Å². The molecule has 22 heavy (non-hydrogen) atoms. The number of nitrogens with zero attached hydrogens (tertiary/aromatic N) is 6. The van der Waals surface area contributed by atoms with Crippen molar-refractivity contribution in [1.29, 1.82) is 0 Å². The number of aliphatic imine (C=N–C) groups is 1. The van der Waals surface area contributed by atoms with Gasteiger partial charge in [-0.2, -0.15) is 5.10 Å². The van der Waals surface area contributed by atoms with Crippen LogP contribution in [0.2, 0.25) is 0 Å². The SMILES string of the molecule is CCNC(=NCc1ncnn1C)N(C)CC(=O)N(CC)CC. The Morgan fingerprint density at radius 3 is 2.55 bits per heavy atom. The van der Waals surface area contributed by atoms with Gasteiger partial charge < -0.3 is 15.1 Å². The van der Waals surface area contributed by atoms with Gasteiger partial charge in [0.25, 0.3) is 0 Å². The highest BCUT2D eigenvalue weighted by molar-refractivity contribution is 5.86. The maximum atomic E-state index is 12.2. The Bertz CT molecular complexity index is 493. The first-order valence-electron chi connectivity index (χ1n) is 7.63. The lowest BCUT2D eigenvalue weighted by atomic mass is 10.4. The molecule has 8 heteroatoms. The molecular weight excluding hydrogens is 282 g/mol. The fraction of sp³-hybridized carbons (Fsp3) is 0.714. The van der Waals surface area contributed by atoms with E-state index in [1.54, 1.807) is 4.68 Å². The molecule has 1 N–H and O–H groups in total. The topological polar surface area (TPSA) is 78.6 Å². The second-order valence-corrected chi connectivity index (χ2v) is 4.89. The summed E-state index contributed by atoms with van der Waals surface area (Å²) in [5, 5.41) is 7.21. The summed E-state index contributed by atoms with van der Waals surface area (Å²) >= 11 is 0. The van der Waals surface area contributed by atoms with E-state index in [1.807, 2.05) is 44.7 Å². The molecular formula is C14H27N7O. The van der Waals surface area contributed by atoms with Gasteiger partial charge in [0.15, 0.2) is 5.96 Å². The first-order valence-corrected chi connectivity index (χ1v) is 7.63. The highest BCUT2D eigenvalue weighted by atomic mass is 16.2. The van der Waals surface area contributed by atoms with E-state index in [1.165, 1.54) is 6.33 Å². The predicted molar refractivity (Wildman–Crippen MR) is 86.4 cm³/mol. The molecule has 1 amide bonds. The molecule has 124 valence electrons. The van der Waals surface area contributed by atoms with E-state index in [2.05, 4.69) is 20.4 Å². The van der Waals surface area contributed by atoms with E-state index >= 15 is 0 Å². The summed E-state index contributed by atoms with van der Waals surface area (Å²) in [6.45, 7) is 8.85. The van der Waals surface area contributed by atoms with Crippen LogP contribution in [0.4, 0.5) is 0 Å². The van der Waals surface area contributed by atoms with Crippen LogP contribution in [-0.4, -0.2) is 69.7 Å². The van der Waals surface area contributed by atoms with Crippen molar-refractivity contribution in [3.63, 3.8) is 0 Å². The maximum absolute atomic E-state index is 12.2. The molecule has 0 fully saturated rings. The third-order valence-corrected chi connectivity index (χ3v) is 3.36. The molecule has 0 aliphatic heterocycles. The molecule has 0 saturated carbocycles. The first-order chi connectivity index (χ1) is 10.5. The number of aromatic nitrogens is 3. The van der Waals surface area contributed by atoms with Crippen molar-refractivity contribution in [3.05, 3.63) is 12.2 Å². The third-order valence-electron chi connectivity index (χ3n) is 3.36. The molecule has 1 rings (SSSR count). The minimum absolute atomic E-state index is 0.0942. The Morgan fingerprint density at radius 1 is 1.36 bits per heavy atom. The lowest BCUT2D eigenvalue weighted by Crippen LogP contribution is -2.45. The van der Waals surface area contributed by atoms with Crippen LogP contribution in [0.25, 0.3) is 0 Å². The number of nitrogens with one attached hydrogen (secondary N) is 1. The van der Waals surface area contributed by atoms with Gasteiger partial charge in [0, 0.05) is 33.7 Å². The summed E-state index contributed by atoms with van der Waals surface area (Å²) in [6.07, 6.45) is 1.51. The summed E-state index contributed by atoms with van der Waals surface area (Å²) in [5.74, 6) is 1.56. The molecule has 1 aromatic heterocycles. The number of guanidine groups is 1. The zero-order valence-electron chi connectivity index (χ0n) is 14.2. The van der Waals surface area contributed by atoms with Crippen LogP contribution < -0.4 is 5.32 Å². The largest absolute Gasteiger partial charge is 0.357 e. The zero-order valence-corrected chi connectivity index (χ0v) is 14.2. The monoisotopic (exact) mass is 309 g/mol. The smallest absolute Gasteiger partial charge is 0.242 e. The zero-order chi connectivity index (χ0) is 16.5. The van der Waals surface area contributed by atoms with Crippen LogP contribution in [-0.2, 0) is 18.4 Å². The number of amides is 1. The summed E-state index contributed by atoms with van der Waals surface area (Å²) in [4.78, 5) is 24.5. The van der Waals surface area contributed by atoms with Gasteiger partial charge in [-0.3, -0.25) is 9.48 Å². The van der Waals surface area contributed by atoms with Crippen LogP contribution in [0.1, 0.15) is 26.6 Å². The number of likely N-dealkylation sites (N-methyl/N-ethyl adjacent to an activating group) is 2. The second-order valence-electron chi connectivity index (χ2n) is 4.89. The van der Waals surface area contributed by atoms with Gasteiger partial charge in [0.05, 0.1) is 6.54 Å². The summed E-state index contributed by atoms with van der Waals surface area (Å²) in [5.41, 5.74) is 0. The quantitative estimate of drug-likeness (QED) is 0.570. The molecule has 1 aromatic rings. The molecule has 0 atom stereocenters. The van der Waals surface area contributed by atoms with E-state index in [-0.39, 0.29) is 5.91 Å². The number of hydrogen-bond acceptors (Lipinski definition) is 4. The number of aryl methyl sites for hydroxylation is 1. The van der Waals surface area contributed by atoms with Gasteiger partial charge in [-0.05, 0) is 20.8 Å².